The molecule has 7 heterocycles. The number of nitrogens with two attached hydrogens (primary N) is 2. The van der Waals surface area contributed by atoms with Crippen molar-refractivity contribution in [2.45, 2.75) is 51.7 Å². The number of aromatic amines is 1. The predicted octanol–water partition coefficient (Wildman–Crippen LogP) is 7.68. The number of carbonyl (C=O) groups is 4. The molecule has 19 heteroatoms. The van der Waals surface area contributed by atoms with Crippen LogP contribution in [0, 0.1) is 0 Å². The number of pyridine rings is 4. The summed E-state index contributed by atoms with van der Waals surface area (Å²) in [5.74, 6) is -2.41. The van der Waals surface area contributed by atoms with Gasteiger partial charge in [-0.05, 0) is 76.2 Å². The zero-order valence-electron chi connectivity index (χ0n) is 40.0. The molecule has 6 aromatic heterocycles. The Morgan fingerprint density at radius 3 is 1.70 bits per heavy atom. The van der Waals surface area contributed by atoms with E-state index in [2.05, 4.69) is 45.9 Å². The summed E-state index contributed by atoms with van der Waals surface area (Å²) in [5.41, 5.74) is 16.8. The number of nitrogen functional groups attached to an aromatic ring is 2. The Hall–Kier alpha value is -9.62. The molecule has 0 aliphatic carbocycles. The number of nitrogens with one attached hydrogen (secondary N) is 3. The van der Waals surface area contributed by atoms with Crippen LogP contribution in [0.15, 0.2) is 159 Å². The standard InChI is InChI=1S/C30H29N7O3.C25H21N7O2/c31-28-24-19-37(26-13-4-6-15-40-26)35-27(24)25(16-33-28)34-29(38)30(39)36(18-22-11-3-5-14-32-22)17-21-10-7-9-20-8-1-2-12-23(20)21;26-23-20-12-29-31-22(20)21(13-28-23)30-24(33)25(34)32(15-18-9-3-4-11-27-18)14-17-8-5-7-16-6-1-2-10-19(16)17/h1-3,5,7-12,14,16,19,26H,4,6,13,15,17-18H2,(H2,31,33)(H,34,38);1-13H,14-15H2,(H2,26,28)(H,29,31)(H,30,33). The Labute approximate surface area is 423 Å². The Balaban J connectivity index is 0.000000172. The molecule has 0 radical (unpaired) electrons. The van der Waals surface area contributed by atoms with E-state index in [0.29, 0.717) is 51.2 Å². The first kappa shape index (κ1) is 48.0. The van der Waals surface area contributed by atoms with Crippen molar-refractivity contribution in [3.05, 3.63) is 181 Å². The molecule has 370 valence electrons. The zero-order valence-corrected chi connectivity index (χ0v) is 40.0. The summed E-state index contributed by atoms with van der Waals surface area (Å²) in [4.78, 5) is 73.4. The summed E-state index contributed by atoms with van der Waals surface area (Å²) in [6.45, 7) is 1.47. The van der Waals surface area contributed by atoms with Gasteiger partial charge in [0.2, 0.25) is 0 Å². The molecule has 4 amide bonds. The number of aromatic nitrogens is 8. The third-order valence-corrected chi connectivity index (χ3v) is 12.7. The molecule has 7 N–H and O–H groups in total. The number of rotatable bonds is 11. The maximum Gasteiger partial charge on any atom is 0.314 e. The van der Waals surface area contributed by atoms with Gasteiger partial charge in [0, 0.05) is 38.3 Å². The molecule has 1 fully saturated rings. The SMILES string of the molecule is Nc1ncc(NC(=O)C(=O)N(Cc2ccccn2)Cc2cccc3ccccc23)c2[nH]ncc12.Nc1ncc(NC(=O)C(=O)N(Cc2ccccn2)Cc2cccc3ccccc23)c2nn(C3CCCCO3)cc12. The minimum absolute atomic E-state index is 0.166. The molecule has 1 aliphatic rings. The van der Waals surface area contributed by atoms with E-state index in [0.717, 1.165) is 51.9 Å². The van der Waals surface area contributed by atoms with Gasteiger partial charge in [0.1, 0.15) is 23.4 Å². The van der Waals surface area contributed by atoms with Crippen LogP contribution in [-0.4, -0.2) is 79.9 Å². The highest BCUT2D eigenvalue weighted by Gasteiger charge is 2.27. The number of fused-ring (bicyclic) bond motifs is 4. The fourth-order valence-corrected chi connectivity index (χ4v) is 8.95. The van der Waals surface area contributed by atoms with Crippen molar-refractivity contribution in [3.8, 4) is 0 Å². The summed E-state index contributed by atoms with van der Waals surface area (Å²) in [6, 6.07) is 38.7. The second-order valence-electron chi connectivity index (χ2n) is 17.6. The van der Waals surface area contributed by atoms with Gasteiger partial charge in [-0.3, -0.25) is 34.2 Å². The first-order valence-corrected chi connectivity index (χ1v) is 23.9. The van der Waals surface area contributed by atoms with Gasteiger partial charge in [0.25, 0.3) is 0 Å². The monoisotopic (exact) mass is 986 g/mol. The molecule has 19 nitrogen and oxygen atoms in total. The molecule has 1 atom stereocenters. The molecule has 1 unspecified atom stereocenters. The highest BCUT2D eigenvalue weighted by molar-refractivity contribution is 6.40. The summed E-state index contributed by atoms with van der Waals surface area (Å²) in [6.07, 6.45) is 12.1. The molecular weight excluding hydrogens is 937 g/mol. The summed E-state index contributed by atoms with van der Waals surface area (Å²) >= 11 is 0. The minimum atomic E-state index is -0.799. The molecule has 74 heavy (non-hydrogen) atoms. The van der Waals surface area contributed by atoms with Gasteiger partial charge < -0.3 is 36.6 Å². The lowest BCUT2D eigenvalue weighted by atomic mass is 10.0. The first-order chi connectivity index (χ1) is 36.2. The van der Waals surface area contributed by atoms with E-state index in [4.69, 9.17) is 16.2 Å². The van der Waals surface area contributed by atoms with Crippen molar-refractivity contribution in [1.29, 1.82) is 0 Å². The molecule has 1 aliphatic heterocycles. The molecule has 11 rings (SSSR count). The smallest absolute Gasteiger partial charge is 0.314 e. The Bertz CT molecular complexity index is 3650. The van der Waals surface area contributed by atoms with Crippen LogP contribution in [0.25, 0.3) is 43.4 Å². The van der Waals surface area contributed by atoms with Crippen molar-refractivity contribution in [1.82, 2.24) is 49.7 Å². The number of nitrogens with zero attached hydrogens (tertiary/aromatic N) is 9. The van der Waals surface area contributed by atoms with Crippen molar-refractivity contribution in [2.75, 3.05) is 28.7 Å². The third kappa shape index (κ3) is 10.7. The van der Waals surface area contributed by atoms with E-state index in [1.54, 1.807) is 29.3 Å². The van der Waals surface area contributed by atoms with Crippen LogP contribution in [0.4, 0.5) is 23.0 Å². The van der Waals surface area contributed by atoms with Gasteiger partial charge in [-0.25, -0.2) is 14.6 Å². The van der Waals surface area contributed by atoms with Crippen molar-refractivity contribution >= 4 is 90.0 Å². The third-order valence-electron chi connectivity index (χ3n) is 12.7. The van der Waals surface area contributed by atoms with Crippen LogP contribution in [0.3, 0.4) is 0 Å². The van der Waals surface area contributed by atoms with E-state index in [1.807, 2.05) is 115 Å². The molecule has 0 saturated carbocycles. The quantitative estimate of drug-likeness (QED) is 0.0780. The van der Waals surface area contributed by atoms with Crippen LogP contribution < -0.4 is 22.1 Å². The molecule has 1 saturated heterocycles. The normalized spacial score (nSPS) is 13.3. The second kappa shape index (κ2) is 21.8. The Kier molecular flexibility index (Phi) is 14.1. The Morgan fingerprint density at radius 1 is 0.595 bits per heavy atom. The van der Waals surface area contributed by atoms with Gasteiger partial charge in [-0.15, -0.1) is 0 Å². The predicted molar refractivity (Wildman–Crippen MR) is 281 cm³/mol. The summed E-state index contributed by atoms with van der Waals surface area (Å²) < 4.78 is 7.57. The number of carbonyl (C=O) groups excluding carboxylic acids is 4. The van der Waals surface area contributed by atoms with Crippen LogP contribution in [0.5, 0.6) is 0 Å². The molecule has 10 aromatic rings. The van der Waals surface area contributed by atoms with Gasteiger partial charge >= 0.3 is 23.6 Å². The second-order valence-corrected chi connectivity index (χ2v) is 17.6. The average molecular weight is 987 g/mol. The number of ether oxygens (including phenoxy) is 1. The number of hydrogen-bond acceptors (Lipinski definition) is 13. The highest BCUT2D eigenvalue weighted by Crippen LogP contribution is 2.31. The average Bonchev–Trinajstić information content (AvgIpc) is 4.14. The van der Waals surface area contributed by atoms with Gasteiger partial charge in [-0.2, -0.15) is 10.2 Å². The van der Waals surface area contributed by atoms with Gasteiger partial charge in [0.15, 0.2) is 0 Å². The lowest BCUT2D eigenvalue weighted by molar-refractivity contribution is -0.144. The van der Waals surface area contributed by atoms with E-state index in [1.165, 1.54) is 28.4 Å². The van der Waals surface area contributed by atoms with Crippen molar-refractivity contribution < 1.29 is 23.9 Å². The molecular formula is C55H50N14O5. The fourth-order valence-electron chi connectivity index (χ4n) is 8.95. The van der Waals surface area contributed by atoms with Crippen molar-refractivity contribution in [3.63, 3.8) is 0 Å². The lowest BCUT2D eigenvalue weighted by Crippen LogP contribution is -2.39. The van der Waals surface area contributed by atoms with E-state index in [9.17, 15) is 19.2 Å². The number of H-pyrrole nitrogens is 1. The number of amides is 4. The molecule has 0 bridgehead atoms. The van der Waals surface area contributed by atoms with Crippen LogP contribution in [0.1, 0.15) is 48.0 Å². The zero-order chi connectivity index (χ0) is 51.0. The number of hydrogen-bond donors (Lipinski definition) is 5. The van der Waals surface area contributed by atoms with E-state index >= 15 is 0 Å². The van der Waals surface area contributed by atoms with Crippen LogP contribution in [-0.2, 0) is 50.1 Å². The van der Waals surface area contributed by atoms with Crippen molar-refractivity contribution in [2.24, 2.45) is 0 Å². The number of benzene rings is 4. The van der Waals surface area contributed by atoms with E-state index < -0.39 is 23.6 Å². The summed E-state index contributed by atoms with van der Waals surface area (Å²) in [7, 11) is 0. The fraction of sp³-hybridized carbons (Fsp3) is 0.164. The Morgan fingerprint density at radius 2 is 1.14 bits per heavy atom. The van der Waals surface area contributed by atoms with Gasteiger partial charge in [0.05, 0.1) is 70.7 Å². The minimum Gasteiger partial charge on any atom is -0.383 e. The number of anilines is 4. The molecule has 0 spiro atoms. The van der Waals surface area contributed by atoms with Crippen LogP contribution in [0.2, 0.25) is 0 Å². The van der Waals surface area contributed by atoms with Gasteiger partial charge in [-0.1, -0.05) is 97.1 Å². The lowest BCUT2D eigenvalue weighted by Gasteiger charge is -2.23. The van der Waals surface area contributed by atoms with Crippen LogP contribution >= 0.6 is 0 Å². The largest absolute Gasteiger partial charge is 0.383 e. The molecule has 4 aromatic carbocycles. The van der Waals surface area contributed by atoms with E-state index in [-0.39, 0.29) is 44.0 Å². The highest BCUT2D eigenvalue weighted by atomic mass is 16.5. The maximum atomic E-state index is 13.6. The topological polar surface area (TPSA) is 258 Å². The first-order valence-electron chi connectivity index (χ1n) is 23.9. The maximum absolute atomic E-state index is 13.6. The summed E-state index contributed by atoms with van der Waals surface area (Å²) in [5, 5.41) is 22.1.